The van der Waals surface area contributed by atoms with Gasteiger partial charge in [0, 0.05) is 24.3 Å². The van der Waals surface area contributed by atoms with Crippen LogP contribution < -0.4 is 14.8 Å². The minimum absolute atomic E-state index is 0.0215. The number of para-hydroxylation sites is 1. The summed E-state index contributed by atoms with van der Waals surface area (Å²) in [5.41, 5.74) is 1.52. The highest BCUT2D eigenvalue weighted by Gasteiger charge is 2.28. The van der Waals surface area contributed by atoms with Crippen molar-refractivity contribution in [3.63, 3.8) is 0 Å². The van der Waals surface area contributed by atoms with Crippen LogP contribution in [0.1, 0.15) is 26.3 Å². The summed E-state index contributed by atoms with van der Waals surface area (Å²) in [7, 11) is 0. The number of nitrogens with zero attached hydrogens (tertiary/aromatic N) is 1. The van der Waals surface area contributed by atoms with Crippen molar-refractivity contribution in [3.8, 4) is 11.5 Å². The highest BCUT2D eigenvalue weighted by atomic mass is 16.5. The van der Waals surface area contributed by atoms with Gasteiger partial charge in [0.05, 0.1) is 0 Å². The van der Waals surface area contributed by atoms with Gasteiger partial charge in [-0.3, -0.25) is 9.59 Å². The van der Waals surface area contributed by atoms with E-state index in [2.05, 4.69) is 19.2 Å². The average Bonchev–Trinajstić information content (AvgIpc) is 2.78. The third kappa shape index (κ3) is 5.03. The fourth-order valence-corrected chi connectivity index (χ4v) is 3.14. The van der Waals surface area contributed by atoms with Gasteiger partial charge in [-0.05, 0) is 43.2 Å². The van der Waals surface area contributed by atoms with E-state index < -0.39 is 6.10 Å². The number of carbonyl (C=O) groups is 2. The number of ether oxygens (including phenoxy) is 2. The fraction of sp³-hybridized carbons (Fsp3) is 0.364. The summed E-state index contributed by atoms with van der Waals surface area (Å²) in [6, 6.07) is 14.6. The second-order valence-electron chi connectivity index (χ2n) is 7.35. The summed E-state index contributed by atoms with van der Waals surface area (Å²) in [6.45, 7) is 6.96. The van der Waals surface area contributed by atoms with E-state index in [9.17, 15) is 9.59 Å². The maximum Gasteiger partial charge on any atom is 0.263 e. The molecule has 148 valence electrons. The Kier molecular flexibility index (Phi) is 6.19. The summed E-state index contributed by atoms with van der Waals surface area (Å²) >= 11 is 0. The summed E-state index contributed by atoms with van der Waals surface area (Å²) in [5.74, 6) is 1.40. The Morgan fingerprint density at radius 2 is 2.00 bits per heavy atom. The average molecular weight is 382 g/mol. The largest absolute Gasteiger partial charge is 0.484 e. The molecular weight excluding hydrogens is 356 g/mol. The van der Waals surface area contributed by atoms with Crippen LogP contribution in [0.4, 0.5) is 5.69 Å². The Hall–Kier alpha value is -3.02. The molecule has 0 saturated carbocycles. The molecule has 0 radical (unpaired) electrons. The van der Waals surface area contributed by atoms with Gasteiger partial charge in [-0.1, -0.05) is 32.0 Å². The van der Waals surface area contributed by atoms with E-state index in [0.29, 0.717) is 36.2 Å². The molecule has 1 aliphatic heterocycles. The number of hydrogen-bond acceptors (Lipinski definition) is 4. The normalized spacial score (nSPS) is 16.2. The Morgan fingerprint density at radius 3 is 2.71 bits per heavy atom. The molecule has 0 aromatic heterocycles. The molecule has 6 heteroatoms. The number of fused-ring (bicyclic) bond motifs is 1. The monoisotopic (exact) mass is 382 g/mol. The molecule has 0 bridgehead atoms. The van der Waals surface area contributed by atoms with Crippen molar-refractivity contribution in [3.05, 3.63) is 54.1 Å². The Balaban J connectivity index is 1.68. The molecule has 2 aromatic rings. The van der Waals surface area contributed by atoms with Crippen molar-refractivity contribution in [2.45, 2.75) is 33.4 Å². The fourth-order valence-electron chi connectivity index (χ4n) is 3.14. The minimum atomic E-state index is -0.528. The smallest absolute Gasteiger partial charge is 0.263 e. The van der Waals surface area contributed by atoms with Gasteiger partial charge in [-0.2, -0.15) is 0 Å². The van der Waals surface area contributed by atoms with Crippen LogP contribution in [0, 0.1) is 5.92 Å². The molecule has 1 N–H and O–H groups in total. The van der Waals surface area contributed by atoms with E-state index in [1.165, 1.54) is 0 Å². The highest BCUT2D eigenvalue weighted by molar-refractivity contribution is 5.92. The number of hydrogen-bond donors (Lipinski definition) is 1. The van der Waals surface area contributed by atoms with Crippen LogP contribution in [0.15, 0.2) is 48.5 Å². The summed E-state index contributed by atoms with van der Waals surface area (Å²) in [6.07, 6.45) is -0.528. The number of anilines is 1. The number of rotatable bonds is 6. The predicted octanol–water partition coefficient (Wildman–Crippen LogP) is 3.47. The first kappa shape index (κ1) is 19.7. The lowest BCUT2D eigenvalue weighted by atomic mass is 10.1. The van der Waals surface area contributed by atoms with Crippen LogP contribution in [0.2, 0.25) is 0 Å². The topological polar surface area (TPSA) is 67.9 Å². The first-order valence-corrected chi connectivity index (χ1v) is 9.48. The molecular formula is C22H26N2O4. The molecule has 2 amide bonds. The van der Waals surface area contributed by atoms with Crippen molar-refractivity contribution in [2.24, 2.45) is 5.92 Å². The maximum atomic E-state index is 12.5. The lowest BCUT2D eigenvalue weighted by Crippen LogP contribution is -2.39. The third-order valence-electron chi connectivity index (χ3n) is 4.37. The molecule has 1 atom stereocenters. The van der Waals surface area contributed by atoms with E-state index >= 15 is 0 Å². The second-order valence-corrected chi connectivity index (χ2v) is 7.35. The number of amides is 2. The second kappa shape index (κ2) is 8.78. The molecule has 0 saturated heterocycles. The zero-order chi connectivity index (χ0) is 20.1. The van der Waals surface area contributed by atoms with Crippen molar-refractivity contribution in [2.75, 3.05) is 18.5 Å². The van der Waals surface area contributed by atoms with Crippen LogP contribution in [-0.2, 0) is 16.1 Å². The molecule has 0 spiro atoms. The van der Waals surface area contributed by atoms with E-state index in [0.717, 1.165) is 5.56 Å². The first-order valence-electron chi connectivity index (χ1n) is 9.48. The lowest BCUT2D eigenvalue weighted by Gasteiger charge is -2.24. The van der Waals surface area contributed by atoms with Crippen molar-refractivity contribution in [1.29, 1.82) is 0 Å². The van der Waals surface area contributed by atoms with E-state index in [1.54, 1.807) is 31.2 Å². The van der Waals surface area contributed by atoms with Crippen LogP contribution in [0.3, 0.4) is 0 Å². The van der Waals surface area contributed by atoms with Gasteiger partial charge in [0.15, 0.2) is 12.7 Å². The summed E-state index contributed by atoms with van der Waals surface area (Å²) in [5, 5.41) is 2.84. The zero-order valence-corrected chi connectivity index (χ0v) is 16.5. The molecule has 6 nitrogen and oxygen atoms in total. The standard InChI is InChI=1S/C22H26N2O4/c1-15(2)12-24-13-17-11-18(9-10-20(17)28-16(3)22(24)26)23-21(25)14-27-19-7-5-4-6-8-19/h4-11,15-16H,12-14H2,1-3H3,(H,23,25). The SMILES string of the molecule is CC(C)CN1Cc2cc(NC(=O)COc3ccccc3)ccc2OC(C)C1=O. The van der Waals surface area contributed by atoms with Gasteiger partial charge < -0.3 is 19.7 Å². The van der Waals surface area contributed by atoms with E-state index in [4.69, 9.17) is 9.47 Å². The number of benzene rings is 2. The van der Waals surface area contributed by atoms with Crippen LogP contribution in [-0.4, -0.2) is 36.0 Å². The molecule has 2 aromatic carbocycles. The van der Waals surface area contributed by atoms with Crippen LogP contribution >= 0.6 is 0 Å². The lowest BCUT2D eigenvalue weighted by molar-refractivity contribution is -0.138. The molecule has 28 heavy (non-hydrogen) atoms. The zero-order valence-electron chi connectivity index (χ0n) is 16.5. The quantitative estimate of drug-likeness (QED) is 0.831. The van der Waals surface area contributed by atoms with Crippen LogP contribution in [0.25, 0.3) is 0 Å². The van der Waals surface area contributed by atoms with Gasteiger partial charge in [-0.15, -0.1) is 0 Å². The van der Waals surface area contributed by atoms with Crippen molar-refractivity contribution >= 4 is 17.5 Å². The van der Waals surface area contributed by atoms with Gasteiger partial charge in [-0.25, -0.2) is 0 Å². The summed E-state index contributed by atoms with van der Waals surface area (Å²) < 4.78 is 11.3. The van der Waals surface area contributed by atoms with Crippen molar-refractivity contribution < 1.29 is 19.1 Å². The number of carbonyl (C=O) groups excluding carboxylic acids is 2. The Labute approximate surface area is 165 Å². The molecule has 0 fully saturated rings. The van der Waals surface area contributed by atoms with Gasteiger partial charge >= 0.3 is 0 Å². The number of nitrogens with one attached hydrogen (secondary N) is 1. The highest BCUT2D eigenvalue weighted by Crippen LogP contribution is 2.29. The maximum absolute atomic E-state index is 12.5. The predicted molar refractivity (Wildman–Crippen MR) is 107 cm³/mol. The molecule has 1 aliphatic rings. The first-order chi connectivity index (χ1) is 13.4. The van der Waals surface area contributed by atoms with Gasteiger partial charge in [0.25, 0.3) is 11.8 Å². The molecule has 3 rings (SSSR count). The van der Waals surface area contributed by atoms with Crippen molar-refractivity contribution in [1.82, 2.24) is 4.90 Å². The summed E-state index contributed by atoms with van der Waals surface area (Å²) in [4.78, 5) is 26.6. The Morgan fingerprint density at radius 1 is 1.25 bits per heavy atom. The van der Waals surface area contributed by atoms with Crippen LogP contribution in [0.5, 0.6) is 11.5 Å². The van der Waals surface area contributed by atoms with E-state index in [-0.39, 0.29) is 18.4 Å². The molecule has 1 unspecified atom stereocenters. The molecule has 1 heterocycles. The third-order valence-corrected chi connectivity index (χ3v) is 4.37. The molecule has 0 aliphatic carbocycles. The van der Waals surface area contributed by atoms with Gasteiger partial charge in [0.2, 0.25) is 0 Å². The van der Waals surface area contributed by atoms with Gasteiger partial charge in [0.1, 0.15) is 11.5 Å². The Bertz CT molecular complexity index is 836. The van der Waals surface area contributed by atoms with E-state index in [1.807, 2.05) is 29.2 Å². The minimum Gasteiger partial charge on any atom is -0.484 e.